The Kier molecular flexibility index (Phi) is 3.05. The van der Waals surface area contributed by atoms with Gasteiger partial charge in [-0.15, -0.1) is 10.5 Å². The Hall–Kier alpha value is -3.14. The molecule has 0 unspecified atom stereocenters. The molecule has 0 bridgehead atoms. The van der Waals surface area contributed by atoms with Crippen molar-refractivity contribution in [2.24, 2.45) is 5.22 Å². The average molecular weight is 286 g/mol. The van der Waals surface area contributed by atoms with E-state index in [-0.39, 0.29) is 0 Å². The third kappa shape index (κ3) is 2.20. The first kappa shape index (κ1) is 12.6. The van der Waals surface area contributed by atoms with Crippen LogP contribution in [0, 0.1) is 0 Å². The van der Waals surface area contributed by atoms with Gasteiger partial charge in [-0.1, -0.05) is 65.9 Å². The molecule has 2 aliphatic rings. The maximum Gasteiger partial charge on any atom is 0.185 e. The summed E-state index contributed by atoms with van der Waals surface area (Å²) >= 11 is 0. The van der Waals surface area contributed by atoms with Crippen LogP contribution in [0.1, 0.15) is 0 Å². The maximum absolute atomic E-state index is 4.67. The van der Waals surface area contributed by atoms with E-state index in [0.717, 1.165) is 22.8 Å². The number of benzene rings is 2. The van der Waals surface area contributed by atoms with Crippen molar-refractivity contribution in [3.63, 3.8) is 0 Å². The van der Waals surface area contributed by atoms with Crippen molar-refractivity contribution in [1.82, 2.24) is 0 Å². The van der Waals surface area contributed by atoms with Crippen LogP contribution in [0.4, 0.5) is 11.4 Å². The van der Waals surface area contributed by atoms with Crippen LogP contribution in [0.25, 0.3) is 5.43 Å². The molecule has 0 aromatic heterocycles. The minimum Gasteiger partial charge on any atom is -0.194 e. The standard InChI is InChI=1S/C18H14N4/c1-3-11-16(12-4-1)21-18(15-9-7-8-10-15)19-22(20-21)17-13-5-2-6-14-17/h1-14H. The molecular weight excluding hydrogens is 272 g/mol. The molecule has 4 heteroatoms. The predicted octanol–water partition coefficient (Wildman–Crippen LogP) is 4.84. The van der Waals surface area contributed by atoms with Crippen LogP contribution in [-0.2, 0) is 0 Å². The van der Waals surface area contributed by atoms with E-state index < -0.39 is 0 Å². The highest BCUT2D eigenvalue weighted by Gasteiger charge is 2.24. The van der Waals surface area contributed by atoms with Gasteiger partial charge in [-0.3, -0.25) is 0 Å². The summed E-state index contributed by atoms with van der Waals surface area (Å²) < 4.78 is 1.86. The van der Waals surface area contributed by atoms with Gasteiger partial charge in [0.15, 0.2) is 5.82 Å². The van der Waals surface area contributed by atoms with Gasteiger partial charge in [-0.05, 0) is 24.3 Å². The number of hydrogen-bond donors (Lipinski definition) is 0. The first-order valence-electron chi connectivity index (χ1n) is 7.14. The van der Waals surface area contributed by atoms with E-state index >= 15 is 0 Å². The van der Waals surface area contributed by atoms with Crippen LogP contribution in [-0.4, -0.2) is 4.70 Å². The number of nitrogens with zero attached hydrogens (tertiary/aromatic N) is 4. The van der Waals surface area contributed by atoms with Crippen molar-refractivity contribution in [3.8, 4) is 0 Å². The zero-order chi connectivity index (χ0) is 14.8. The molecule has 0 amide bonds. The Bertz CT molecular complexity index is 787. The molecular formula is C18H14N4. The fraction of sp³-hybridized carbons (Fsp3) is 0. The molecule has 0 spiro atoms. The van der Waals surface area contributed by atoms with Crippen LogP contribution in [0.5, 0.6) is 0 Å². The molecule has 1 heterocycles. The van der Waals surface area contributed by atoms with E-state index in [2.05, 4.69) is 10.6 Å². The quantitative estimate of drug-likeness (QED) is 0.727. The third-order valence-electron chi connectivity index (χ3n) is 3.47. The highest BCUT2D eigenvalue weighted by Crippen LogP contribution is 2.35. The number of hydrogen-bond acceptors (Lipinski definition) is 2. The molecule has 4 nitrogen and oxygen atoms in total. The van der Waals surface area contributed by atoms with Crippen LogP contribution >= 0.6 is 0 Å². The molecule has 0 saturated carbocycles. The maximum atomic E-state index is 4.67. The lowest BCUT2D eigenvalue weighted by molar-refractivity contribution is -0.448. The first-order chi connectivity index (χ1) is 10.9. The Labute approximate surface area is 129 Å². The van der Waals surface area contributed by atoms with Crippen molar-refractivity contribution in [1.29, 1.82) is 0 Å². The van der Waals surface area contributed by atoms with Gasteiger partial charge >= 0.3 is 0 Å². The van der Waals surface area contributed by atoms with Gasteiger partial charge in [-0.25, -0.2) is 0 Å². The Morgan fingerprint density at radius 2 is 1.45 bits per heavy atom. The summed E-state index contributed by atoms with van der Waals surface area (Å²) in [6.45, 7) is 0. The molecule has 0 saturated heterocycles. The first-order valence-corrected chi connectivity index (χ1v) is 7.14. The van der Waals surface area contributed by atoms with Gasteiger partial charge < -0.3 is 0 Å². The second kappa shape index (κ2) is 5.33. The molecule has 0 atom stereocenters. The second-order valence-corrected chi connectivity index (χ2v) is 4.96. The third-order valence-corrected chi connectivity index (χ3v) is 3.47. The van der Waals surface area contributed by atoms with Gasteiger partial charge in [0.1, 0.15) is 0 Å². The Morgan fingerprint density at radius 1 is 0.818 bits per heavy atom. The summed E-state index contributed by atoms with van der Waals surface area (Å²) in [4.78, 5) is 0. The summed E-state index contributed by atoms with van der Waals surface area (Å²) in [6, 6.07) is 20.0. The number of anilines is 1. The van der Waals surface area contributed by atoms with Crippen LogP contribution in [0.2, 0.25) is 0 Å². The largest absolute Gasteiger partial charge is 0.194 e. The fourth-order valence-corrected chi connectivity index (χ4v) is 2.40. The molecule has 106 valence electrons. The molecule has 22 heavy (non-hydrogen) atoms. The molecule has 0 radical (unpaired) electrons. The average Bonchev–Trinajstić information content (AvgIpc) is 3.26. The van der Waals surface area contributed by atoms with Gasteiger partial charge in [0.05, 0.1) is 11.4 Å². The van der Waals surface area contributed by atoms with E-state index in [0.29, 0.717) is 0 Å². The molecule has 1 aliphatic heterocycles. The van der Waals surface area contributed by atoms with Gasteiger partial charge in [0.25, 0.3) is 0 Å². The zero-order valence-corrected chi connectivity index (χ0v) is 11.9. The zero-order valence-electron chi connectivity index (χ0n) is 11.9. The normalized spacial score (nSPS) is 16.2. The molecule has 4 rings (SSSR count). The van der Waals surface area contributed by atoms with E-state index in [1.807, 2.05) is 89.7 Å². The SMILES string of the molecule is C1=CC(=C2[N-]N(c3ccccc3)N=[N+]2c2ccccc2)C=C1. The lowest BCUT2D eigenvalue weighted by Gasteiger charge is -2.09. The van der Waals surface area contributed by atoms with Crippen molar-refractivity contribution >= 4 is 11.4 Å². The Balaban J connectivity index is 1.81. The molecule has 0 fully saturated rings. The lowest BCUT2D eigenvalue weighted by Crippen LogP contribution is -2.04. The number of allylic oxidation sites excluding steroid dienone is 5. The van der Waals surface area contributed by atoms with Gasteiger partial charge in [-0.2, -0.15) is 4.70 Å². The highest BCUT2D eigenvalue weighted by atomic mass is 15.8. The Morgan fingerprint density at radius 3 is 2.14 bits per heavy atom. The fourth-order valence-electron chi connectivity index (χ4n) is 2.40. The summed E-state index contributed by atoms with van der Waals surface area (Å²) in [7, 11) is 0. The smallest absolute Gasteiger partial charge is 0.185 e. The molecule has 0 N–H and O–H groups in total. The summed E-state index contributed by atoms with van der Waals surface area (Å²) in [5.74, 6) is 0.819. The number of rotatable bonds is 2. The van der Waals surface area contributed by atoms with Crippen molar-refractivity contribution in [3.05, 3.63) is 102 Å². The van der Waals surface area contributed by atoms with Gasteiger partial charge in [0.2, 0.25) is 0 Å². The topological polar surface area (TPSA) is 32.7 Å². The molecule has 2 aromatic carbocycles. The van der Waals surface area contributed by atoms with Crippen LogP contribution in [0.3, 0.4) is 0 Å². The van der Waals surface area contributed by atoms with Gasteiger partial charge in [0, 0.05) is 5.57 Å². The summed E-state index contributed by atoms with van der Waals surface area (Å²) in [5, 5.41) is 6.29. The molecule has 2 aromatic rings. The minimum atomic E-state index is 0.819. The van der Waals surface area contributed by atoms with Crippen molar-refractivity contribution in [2.45, 2.75) is 0 Å². The highest BCUT2D eigenvalue weighted by molar-refractivity contribution is 5.54. The monoisotopic (exact) mass is 286 g/mol. The lowest BCUT2D eigenvalue weighted by atomic mass is 10.2. The van der Waals surface area contributed by atoms with Crippen LogP contribution < -0.4 is 5.12 Å². The number of para-hydroxylation sites is 2. The molecule has 1 aliphatic carbocycles. The minimum absolute atomic E-state index is 0.819. The summed E-state index contributed by atoms with van der Waals surface area (Å²) in [5.41, 5.74) is 7.64. The van der Waals surface area contributed by atoms with Crippen molar-refractivity contribution in [2.75, 3.05) is 5.12 Å². The van der Waals surface area contributed by atoms with E-state index in [9.17, 15) is 0 Å². The van der Waals surface area contributed by atoms with E-state index in [4.69, 9.17) is 0 Å². The van der Waals surface area contributed by atoms with Crippen molar-refractivity contribution < 1.29 is 4.70 Å². The van der Waals surface area contributed by atoms with Crippen LogP contribution in [0.15, 0.2) is 102 Å². The predicted molar refractivity (Wildman–Crippen MR) is 86.4 cm³/mol. The second-order valence-electron chi connectivity index (χ2n) is 4.96. The summed E-state index contributed by atoms with van der Waals surface area (Å²) in [6.07, 6.45) is 8.09. The van der Waals surface area contributed by atoms with E-state index in [1.54, 1.807) is 5.12 Å². The van der Waals surface area contributed by atoms with E-state index in [1.165, 1.54) is 0 Å².